The lowest BCUT2D eigenvalue weighted by Gasteiger charge is -2.40. The van der Waals surface area contributed by atoms with E-state index in [0.717, 1.165) is 25.2 Å². The van der Waals surface area contributed by atoms with Crippen molar-refractivity contribution < 1.29 is 23.1 Å². The van der Waals surface area contributed by atoms with E-state index < -0.39 is 17.5 Å². The fourth-order valence-electron chi connectivity index (χ4n) is 2.74. The molecule has 0 aliphatic carbocycles. The number of halogens is 2. The van der Waals surface area contributed by atoms with Crippen molar-refractivity contribution in [3.8, 4) is 0 Å². The molecule has 0 bridgehead atoms. The first-order chi connectivity index (χ1) is 12.3. The van der Waals surface area contributed by atoms with Crippen molar-refractivity contribution in [3.05, 3.63) is 35.4 Å². The van der Waals surface area contributed by atoms with Gasteiger partial charge in [0, 0.05) is 44.2 Å². The predicted octanol–water partition coefficient (Wildman–Crippen LogP) is 1.31. The number of ether oxygens (including phenoxy) is 1. The number of nitrogens with one attached hydrogen (secondary N) is 2. The summed E-state index contributed by atoms with van der Waals surface area (Å²) in [4.78, 5) is 26.1. The van der Waals surface area contributed by atoms with Crippen LogP contribution in [-0.4, -0.2) is 61.6 Å². The van der Waals surface area contributed by atoms with Crippen molar-refractivity contribution in [3.63, 3.8) is 0 Å². The number of rotatable bonds is 7. The van der Waals surface area contributed by atoms with Gasteiger partial charge in [0.1, 0.15) is 11.6 Å². The normalized spacial score (nSPS) is 15.5. The van der Waals surface area contributed by atoms with Gasteiger partial charge in [-0.2, -0.15) is 0 Å². The summed E-state index contributed by atoms with van der Waals surface area (Å²) < 4.78 is 31.7. The van der Waals surface area contributed by atoms with E-state index in [1.807, 2.05) is 0 Å². The van der Waals surface area contributed by atoms with Crippen molar-refractivity contribution in [2.75, 3.05) is 39.4 Å². The van der Waals surface area contributed by atoms with E-state index in [1.54, 1.807) is 0 Å². The number of hydrogen-bond acceptors (Lipinski definition) is 4. The van der Waals surface area contributed by atoms with Crippen LogP contribution in [0, 0.1) is 11.6 Å². The van der Waals surface area contributed by atoms with Crippen molar-refractivity contribution in [1.82, 2.24) is 15.5 Å². The molecule has 1 aliphatic rings. The van der Waals surface area contributed by atoms with Crippen LogP contribution in [0.15, 0.2) is 18.2 Å². The third kappa shape index (κ3) is 5.74. The molecule has 6 nitrogen and oxygen atoms in total. The number of hydrogen-bond donors (Lipinski definition) is 2. The van der Waals surface area contributed by atoms with Gasteiger partial charge >= 0.3 is 0 Å². The van der Waals surface area contributed by atoms with Gasteiger partial charge in [-0.3, -0.25) is 14.5 Å². The van der Waals surface area contributed by atoms with Crippen LogP contribution >= 0.6 is 0 Å². The Morgan fingerprint density at radius 1 is 1.19 bits per heavy atom. The van der Waals surface area contributed by atoms with Crippen LogP contribution in [0.3, 0.4) is 0 Å². The summed E-state index contributed by atoms with van der Waals surface area (Å²) in [5.41, 5.74) is -0.444. The van der Waals surface area contributed by atoms with Crippen LogP contribution in [-0.2, 0) is 9.53 Å². The number of carbonyl (C=O) groups excluding carboxylic acids is 2. The summed E-state index contributed by atoms with van der Waals surface area (Å²) in [6.07, 6.45) is 0.0771. The van der Waals surface area contributed by atoms with Gasteiger partial charge in [0.15, 0.2) is 0 Å². The van der Waals surface area contributed by atoms with Crippen LogP contribution in [0.4, 0.5) is 8.78 Å². The molecule has 1 aromatic rings. The molecular weight excluding hydrogens is 344 g/mol. The van der Waals surface area contributed by atoms with Crippen molar-refractivity contribution in [1.29, 1.82) is 0 Å². The lowest BCUT2D eigenvalue weighted by molar-refractivity contribution is -0.121. The van der Waals surface area contributed by atoms with Crippen LogP contribution in [0.1, 0.15) is 30.6 Å². The third-order valence-electron chi connectivity index (χ3n) is 4.40. The van der Waals surface area contributed by atoms with Gasteiger partial charge in [0.25, 0.3) is 5.91 Å². The topological polar surface area (TPSA) is 70.7 Å². The fourth-order valence-corrected chi connectivity index (χ4v) is 2.74. The van der Waals surface area contributed by atoms with E-state index in [2.05, 4.69) is 29.4 Å². The van der Waals surface area contributed by atoms with E-state index in [-0.39, 0.29) is 30.0 Å². The average Bonchev–Trinajstić information content (AvgIpc) is 2.60. The highest BCUT2D eigenvalue weighted by Gasteiger charge is 2.28. The molecular formula is C18H25F2N3O3. The minimum Gasteiger partial charge on any atom is -0.379 e. The Labute approximate surface area is 151 Å². The minimum atomic E-state index is -0.931. The molecule has 0 radical (unpaired) electrons. The summed E-state index contributed by atoms with van der Waals surface area (Å²) in [6, 6.07) is 2.73. The lowest BCUT2D eigenvalue weighted by Crippen LogP contribution is -2.55. The number of nitrogens with zero attached hydrogens (tertiary/aromatic N) is 1. The molecule has 1 saturated heterocycles. The third-order valence-corrected chi connectivity index (χ3v) is 4.40. The SMILES string of the molecule is CC(C)(CNC(=O)CCNC(=O)c1ccc(F)cc1F)N1CCOCC1. The molecule has 1 aliphatic heterocycles. The first-order valence-corrected chi connectivity index (χ1v) is 8.62. The molecule has 1 aromatic carbocycles. The highest BCUT2D eigenvalue weighted by atomic mass is 19.1. The molecule has 2 N–H and O–H groups in total. The quantitative estimate of drug-likeness (QED) is 0.760. The molecule has 26 heavy (non-hydrogen) atoms. The lowest BCUT2D eigenvalue weighted by atomic mass is 10.0. The van der Waals surface area contributed by atoms with Crippen molar-refractivity contribution >= 4 is 11.8 Å². The molecule has 0 atom stereocenters. The molecule has 8 heteroatoms. The average molecular weight is 369 g/mol. The van der Waals surface area contributed by atoms with Crippen LogP contribution in [0.5, 0.6) is 0 Å². The first kappa shape index (κ1) is 20.3. The molecule has 0 unspecified atom stereocenters. The second-order valence-electron chi connectivity index (χ2n) is 6.82. The molecule has 0 spiro atoms. The van der Waals surface area contributed by atoms with Gasteiger partial charge < -0.3 is 15.4 Å². The summed E-state index contributed by atoms with van der Waals surface area (Å²) in [7, 11) is 0. The molecule has 0 saturated carbocycles. The monoisotopic (exact) mass is 369 g/mol. The van der Waals surface area contributed by atoms with Crippen molar-refractivity contribution in [2.24, 2.45) is 0 Å². The van der Waals surface area contributed by atoms with Crippen molar-refractivity contribution in [2.45, 2.75) is 25.8 Å². The standard InChI is InChI=1S/C18H25F2N3O3/c1-18(2,23-7-9-26-10-8-23)12-22-16(24)5-6-21-17(25)14-4-3-13(19)11-15(14)20/h3-4,11H,5-10,12H2,1-2H3,(H,21,25)(H,22,24). The van der Waals surface area contributed by atoms with E-state index in [9.17, 15) is 18.4 Å². The number of amides is 2. The Balaban J connectivity index is 1.72. The second kappa shape index (κ2) is 9.05. The zero-order valence-electron chi connectivity index (χ0n) is 15.1. The number of carbonyl (C=O) groups is 2. The maximum atomic E-state index is 13.5. The van der Waals surface area contributed by atoms with E-state index in [4.69, 9.17) is 4.74 Å². The smallest absolute Gasteiger partial charge is 0.254 e. The van der Waals surface area contributed by atoms with Gasteiger partial charge in [-0.15, -0.1) is 0 Å². The minimum absolute atomic E-state index is 0.0689. The number of morpholine rings is 1. The second-order valence-corrected chi connectivity index (χ2v) is 6.82. The van der Waals surface area contributed by atoms with Gasteiger partial charge in [-0.05, 0) is 26.0 Å². The molecule has 2 amide bonds. The molecule has 1 heterocycles. The highest BCUT2D eigenvalue weighted by Crippen LogP contribution is 2.15. The summed E-state index contributed by atoms with van der Waals surface area (Å²) in [6.45, 7) is 7.66. The summed E-state index contributed by atoms with van der Waals surface area (Å²) in [5.74, 6) is -2.56. The maximum absolute atomic E-state index is 13.5. The highest BCUT2D eigenvalue weighted by molar-refractivity contribution is 5.94. The summed E-state index contributed by atoms with van der Waals surface area (Å²) in [5, 5.41) is 5.32. The predicted molar refractivity (Wildman–Crippen MR) is 92.8 cm³/mol. The zero-order chi connectivity index (χ0) is 19.2. The Hall–Kier alpha value is -2.06. The van der Waals surface area contributed by atoms with Gasteiger partial charge in [0.2, 0.25) is 5.91 Å². The molecule has 1 fully saturated rings. The summed E-state index contributed by atoms with van der Waals surface area (Å²) >= 11 is 0. The Bertz CT molecular complexity index is 647. The molecule has 144 valence electrons. The van der Waals surface area contributed by atoms with Gasteiger partial charge in [-0.1, -0.05) is 0 Å². The largest absolute Gasteiger partial charge is 0.379 e. The Morgan fingerprint density at radius 3 is 2.54 bits per heavy atom. The molecule has 2 rings (SSSR count). The number of benzene rings is 1. The molecule has 0 aromatic heterocycles. The Morgan fingerprint density at radius 2 is 1.88 bits per heavy atom. The van der Waals surface area contributed by atoms with Crippen LogP contribution in [0.2, 0.25) is 0 Å². The zero-order valence-corrected chi connectivity index (χ0v) is 15.1. The first-order valence-electron chi connectivity index (χ1n) is 8.62. The van der Waals surface area contributed by atoms with E-state index >= 15 is 0 Å². The van der Waals surface area contributed by atoms with Gasteiger partial charge in [-0.25, -0.2) is 8.78 Å². The fraction of sp³-hybridized carbons (Fsp3) is 0.556. The van der Waals surface area contributed by atoms with Gasteiger partial charge in [0.05, 0.1) is 18.8 Å². The maximum Gasteiger partial charge on any atom is 0.254 e. The van der Waals surface area contributed by atoms with E-state index in [0.29, 0.717) is 25.8 Å². The Kier molecular flexibility index (Phi) is 7.05. The van der Waals surface area contributed by atoms with Crippen LogP contribution < -0.4 is 10.6 Å². The van der Waals surface area contributed by atoms with E-state index in [1.165, 1.54) is 0 Å². The van der Waals surface area contributed by atoms with Crippen LogP contribution in [0.25, 0.3) is 0 Å².